The monoisotopic (exact) mass is 385 g/mol. The van der Waals surface area contributed by atoms with Gasteiger partial charge in [0.25, 0.3) is 0 Å². The van der Waals surface area contributed by atoms with Crippen molar-refractivity contribution in [2.75, 3.05) is 5.32 Å². The number of carbonyl (C=O) groups is 2. The summed E-state index contributed by atoms with van der Waals surface area (Å²) in [6.45, 7) is 1.41. The van der Waals surface area contributed by atoms with E-state index in [1.807, 2.05) is 0 Å². The number of nitrogens with one attached hydrogen (secondary N) is 1. The van der Waals surface area contributed by atoms with Gasteiger partial charge >= 0.3 is 12.1 Å². The number of anilines is 1. The Morgan fingerprint density at radius 3 is 2.41 bits per heavy atom. The molecule has 0 aliphatic heterocycles. The minimum absolute atomic E-state index is 0.110. The number of benzene rings is 2. The fourth-order valence-corrected chi connectivity index (χ4v) is 2.19. The van der Waals surface area contributed by atoms with Gasteiger partial charge in [-0.25, -0.2) is 9.18 Å². The number of ether oxygens (including phenoxy) is 1. The summed E-state index contributed by atoms with van der Waals surface area (Å²) in [6.07, 6.45) is -4.64. The van der Waals surface area contributed by atoms with Crippen LogP contribution in [0.15, 0.2) is 36.4 Å². The molecule has 9 heteroatoms. The zero-order valence-electron chi connectivity index (χ0n) is 14.1. The predicted molar refractivity (Wildman–Crippen MR) is 88.1 cm³/mol. The average Bonchev–Trinajstić information content (AvgIpc) is 2.59. The molecule has 2 rings (SSSR count). The van der Waals surface area contributed by atoms with E-state index in [9.17, 15) is 32.3 Å². The molecule has 1 amide bonds. The third-order valence-corrected chi connectivity index (χ3v) is 3.56. The fraction of sp³-hybridized carbons (Fsp3) is 0.222. The van der Waals surface area contributed by atoms with Crippen LogP contribution in [0.1, 0.15) is 34.8 Å². The van der Waals surface area contributed by atoms with Crippen molar-refractivity contribution in [1.82, 2.24) is 0 Å². The molecule has 0 aliphatic rings. The molecule has 2 N–H and O–H groups in total. The van der Waals surface area contributed by atoms with Gasteiger partial charge in [-0.05, 0) is 29.8 Å². The van der Waals surface area contributed by atoms with Crippen molar-refractivity contribution in [3.8, 4) is 5.75 Å². The van der Waals surface area contributed by atoms with E-state index in [1.54, 1.807) is 6.92 Å². The first-order valence-corrected chi connectivity index (χ1v) is 7.77. The Kier molecular flexibility index (Phi) is 6.04. The largest absolute Gasteiger partial charge is 0.489 e. The normalized spacial score (nSPS) is 11.1. The van der Waals surface area contributed by atoms with Crippen molar-refractivity contribution in [2.45, 2.75) is 26.1 Å². The standard InChI is InChI=1S/C18H15F4NO4/c1-2-16(24)23-15-6-3-10(7-12(15)17(25)26)9-27-11-4-5-13(14(19)8-11)18(20,21)22/h3-8H,2,9H2,1H3,(H,23,24)(H,25,26). The van der Waals surface area contributed by atoms with E-state index < -0.39 is 23.5 Å². The number of aromatic carboxylic acids is 1. The van der Waals surface area contributed by atoms with E-state index in [2.05, 4.69) is 5.32 Å². The van der Waals surface area contributed by atoms with Crippen LogP contribution in [0, 0.1) is 5.82 Å². The summed E-state index contributed by atoms with van der Waals surface area (Å²) in [4.78, 5) is 22.8. The van der Waals surface area contributed by atoms with Crippen molar-refractivity contribution in [3.63, 3.8) is 0 Å². The highest BCUT2D eigenvalue weighted by atomic mass is 19.4. The lowest BCUT2D eigenvalue weighted by Crippen LogP contribution is -2.13. The maximum Gasteiger partial charge on any atom is 0.419 e. The molecule has 0 fully saturated rings. The van der Waals surface area contributed by atoms with Crippen LogP contribution in [-0.2, 0) is 17.6 Å². The van der Waals surface area contributed by atoms with Crippen LogP contribution >= 0.6 is 0 Å². The second-order valence-electron chi connectivity index (χ2n) is 5.51. The highest BCUT2D eigenvalue weighted by Gasteiger charge is 2.34. The summed E-state index contributed by atoms with van der Waals surface area (Å²) in [5, 5.41) is 11.7. The number of alkyl halides is 3. The van der Waals surface area contributed by atoms with Gasteiger partial charge < -0.3 is 15.2 Å². The number of amides is 1. The molecule has 0 unspecified atom stereocenters. The van der Waals surface area contributed by atoms with Crippen molar-refractivity contribution in [2.24, 2.45) is 0 Å². The Morgan fingerprint density at radius 1 is 1.15 bits per heavy atom. The molecular weight excluding hydrogens is 370 g/mol. The molecule has 0 aliphatic carbocycles. The molecule has 2 aromatic carbocycles. The lowest BCUT2D eigenvalue weighted by molar-refractivity contribution is -0.140. The fourth-order valence-electron chi connectivity index (χ4n) is 2.19. The Bertz CT molecular complexity index is 865. The van der Waals surface area contributed by atoms with E-state index in [0.29, 0.717) is 17.7 Å². The lowest BCUT2D eigenvalue weighted by atomic mass is 10.1. The van der Waals surface area contributed by atoms with Crippen molar-refractivity contribution < 1.29 is 37.0 Å². The molecule has 0 saturated carbocycles. The van der Waals surface area contributed by atoms with Gasteiger partial charge in [-0.3, -0.25) is 4.79 Å². The van der Waals surface area contributed by atoms with Gasteiger partial charge in [0.05, 0.1) is 16.8 Å². The number of carbonyl (C=O) groups excluding carboxylic acids is 1. The third kappa shape index (κ3) is 5.19. The highest BCUT2D eigenvalue weighted by molar-refractivity contribution is 6.00. The Balaban J connectivity index is 2.16. The van der Waals surface area contributed by atoms with E-state index in [0.717, 1.165) is 6.07 Å². The number of hydrogen-bond acceptors (Lipinski definition) is 3. The predicted octanol–water partition coefficient (Wildman–Crippen LogP) is 4.47. The summed E-state index contributed by atoms with van der Waals surface area (Å²) in [5.74, 6) is -3.24. The van der Waals surface area contributed by atoms with E-state index in [1.165, 1.54) is 18.2 Å². The molecule has 144 valence electrons. The van der Waals surface area contributed by atoms with Crippen LogP contribution in [-0.4, -0.2) is 17.0 Å². The van der Waals surface area contributed by atoms with Crippen LogP contribution < -0.4 is 10.1 Å². The third-order valence-electron chi connectivity index (χ3n) is 3.56. The molecule has 27 heavy (non-hydrogen) atoms. The lowest BCUT2D eigenvalue weighted by Gasteiger charge is -2.12. The maximum atomic E-state index is 13.5. The number of halogens is 4. The van der Waals surface area contributed by atoms with Gasteiger partial charge in [0.2, 0.25) is 5.91 Å². The van der Waals surface area contributed by atoms with Crippen LogP contribution in [0.2, 0.25) is 0 Å². The van der Waals surface area contributed by atoms with Crippen molar-refractivity contribution in [1.29, 1.82) is 0 Å². The Hall–Kier alpha value is -3.10. The van der Waals surface area contributed by atoms with Crippen LogP contribution in [0.5, 0.6) is 5.75 Å². The first-order chi connectivity index (χ1) is 12.6. The molecule has 0 aromatic heterocycles. The smallest absolute Gasteiger partial charge is 0.419 e. The van der Waals surface area contributed by atoms with Crippen LogP contribution in [0.25, 0.3) is 0 Å². The van der Waals surface area contributed by atoms with Gasteiger partial charge in [-0.15, -0.1) is 0 Å². The molecule has 0 heterocycles. The summed E-state index contributed by atoms with van der Waals surface area (Å²) < 4.78 is 56.4. The van der Waals surface area contributed by atoms with E-state index in [-0.39, 0.29) is 35.9 Å². The number of carboxylic acid groups (broad SMARTS) is 1. The second-order valence-corrected chi connectivity index (χ2v) is 5.51. The van der Waals surface area contributed by atoms with Gasteiger partial charge in [-0.2, -0.15) is 13.2 Å². The Morgan fingerprint density at radius 2 is 1.85 bits per heavy atom. The van der Waals surface area contributed by atoms with E-state index in [4.69, 9.17) is 4.74 Å². The van der Waals surface area contributed by atoms with Crippen molar-refractivity contribution >= 4 is 17.6 Å². The van der Waals surface area contributed by atoms with Gasteiger partial charge in [-0.1, -0.05) is 13.0 Å². The van der Waals surface area contributed by atoms with Crippen LogP contribution in [0.3, 0.4) is 0 Å². The minimum Gasteiger partial charge on any atom is -0.489 e. The molecule has 5 nitrogen and oxygen atoms in total. The maximum absolute atomic E-state index is 13.5. The SMILES string of the molecule is CCC(=O)Nc1ccc(COc2ccc(C(F)(F)F)c(F)c2)cc1C(=O)O. The minimum atomic E-state index is -4.81. The average molecular weight is 385 g/mol. The van der Waals surface area contributed by atoms with Crippen molar-refractivity contribution in [3.05, 3.63) is 58.9 Å². The zero-order chi connectivity index (χ0) is 20.2. The second kappa shape index (κ2) is 8.07. The molecule has 0 bridgehead atoms. The molecule has 0 atom stereocenters. The summed E-state index contributed by atoms with van der Waals surface area (Å²) >= 11 is 0. The van der Waals surface area contributed by atoms with E-state index >= 15 is 0 Å². The van der Waals surface area contributed by atoms with Gasteiger partial charge in [0.1, 0.15) is 18.2 Å². The highest BCUT2D eigenvalue weighted by Crippen LogP contribution is 2.33. The zero-order valence-corrected chi connectivity index (χ0v) is 14.1. The first-order valence-electron chi connectivity index (χ1n) is 7.77. The molecule has 2 aromatic rings. The summed E-state index contributed by atoms with van der Waals surface area (Å²) in [6, 6.07) is 6.27. The molecule has 0 spiro atoms. The number of rotatable bonds is 6. The van der Waals surface area contributed by atoms with Crippen LogP contribution in [0.4, 0.5) is 23.2 Å². The van der Waals surface area contributed by atoms with Gasteiger partial charge in [0, 0.05) is 12.5 Å². The molecular formula is C18H15F4NO4. The quantitative estimate of drug-likeness (QED) is 0.720. The number of carboxylic acids is 1. The summed E-state index contributed by atoms with van der Waals surface area (Å²) in [7, 11) is 0. The Labute approximate surface area is 151 Å². The number of hydrogen-bond donors (Lipinski definition) is 2. The first kappa shape index (κ1) is 20.2. The topological polar surface area (TPSA) is 75.6 Å². The molecule has 0 radical (unpaired) electrons. The van der Waals surface area contributed by atoms with Gasteiger partial charge in [0.15, 0.2) is 0 Å². The summed E-state index contributed by atoms with van der Waals surface area (Å²) in [5.41, 5.74) is -1.09. The molecule has 0 saturated heterocycles.